The van der Waals surface area contributed by atoms with Gasteiger partial charge in [0.15, 0.2) is 6.29 Å². The molecular weight excluding hydrogens is 320 g/mol. The quantitative estimate of drug-likeness (QED) is 0.689. The summed E-state index contributed by atoms with van der Waals surface area (Å²) in [5.74, 6) is 1.52. The Morgan fingerprint density at radius 1 is 1.25 bits per heavy atom. The molecule has 0 spiro atoms. The lowest BCUT2D eigenvalue weighted by atomic mass is 10.2. The number of ether oxygens (including phenoxy) is 1. The minimum Gasteiger partial charge on any atom is -0.497 e. The maximum atomic E-state index is 11.2. The number of nitrogens with zero attached hydrogens (tertiary/aromatic N) is 2. The zero-order chi connectivity index (χ0) is 14.1. The molecule has 0 saturated heterocycles. The molecule has 0 unspecified atom stereocenters. The molecule has 20 heavy (non-hydrogen) atoms. The van der Waals surface area contributed by atoms with Crippen molar-refractivity contribution in [3.8, 4) is 17.1 Å². The fourth-order valence-electron chi connectivity index (χ4n) is 2.11. The molecule has 0 fully saturated rings. The number of methoxy groups -OCH3 is 1. The summed E-state index contributed by atoms with van der Waals surface area (Å²) in [6.45, 7) is 0. The van der Waals surface area contributed by atoms with Crippen molar-refractivity contribution in [1.82, 2.24) is 9.38 Å². The van der Waals surface area contributed by atoms with Crippen LogP contribution in [-0.4, -0.2) is 22.8 Å². The summed E-state index contributed by atoms with van der Waals surface area (Å²) >= 11 is 3.41. The average molecular weight is 331 g/mol. The molecule has 0 aliphatic heterocycles. The monoisotopic (exact) mass is 330 g/mol. The van der Waals surface area contributed by atoms with Crippen LogP contribution in [0.3, 0.4) is 0 Å². The van der Waals surface area contributed by atoms with Gasteiger partial charge in [-0.2, -0.15) is 0 Å². The van der Waals surface area contributed by atoms with Crippen molar-refractivity contribution in [2.75, 3.05) is 7.11 Å². The summed E-state index contributed by atoms with van der Waals surface area (Å²) in [4.78, 5) is 15.6. The van der Waals surface area contributed by atoms with Crippen LogP contribution in [0.5, 0.6) is 5.75 Å². The van der Waals surface area contributed by atoms with Gasteiger partial charge in [0.25, 0.3) is 0 Å². The van der Waals surface area contributed by atoms with Crippen LogP contribution in [-0.2, 0) is 0 Å². The number of hydrogen-bond acceptors (Lipinski definition) is 3. The number of carbonyl (C=O) groups is 1. The minimum atomic E-state index is 0.428. The Labute approximate surface area is 124 Å². The summed E-state index contributed by atoms with van der Waals surface area (Å²) in [6.07, 6.45) is 2.66. The maximum absolute atomic E-state index is 11.2. The molecule has 5 heteroatoms. The number of benzene rings is 1. The van der Waals surface area contributed by atoms with Gasteiger partial charge in [0.1, 0.15) is 17.3 Å². The number of carbonyl (C=O) groups excluding carboxylic acids is 1. The van der Waals surface area contributed by atoms with E-state index in [-0.39, 0.29) is 0 Å². The van der Waals surface area contributed by atoms with Crippen LogP contribution in [0, 0.1) is 0 Å². The SMILES string of the molecule is COc1ccc(-c2nc(C=O)c3cc(Br)ccn23)cc1. The van der Waals surface area contributed by atoms with Crippen LogP contribution in [0.15, 0.2) is 47.1 Å². The first-order valence-corrected chi connectivity index (χ1v) is 6.79. The number of pyridine rings is 1. The molecule has 0 amide bonds. The summed E-state index contributed by atoms with van der Waals surface area (Å²) in [7, 11) is 1.63. The second-order valence-electron chi connectivity index (χ2n) is 4.27. The highest BCUT2D eigenvalue weighted by molar-refractivity contribution is 9.10. The number of aromatic nitrogens is 2. The normalized spacial score (nSPS) is 10.7. The molecule has 4 nitrogen and oxygen atoms in total. The summed E-state index contributed by atoms with van der Waals surface area (Å²) in [5.41, 5.74) is 2.13. The van der Waals surface area contributed by atoms with Gasteiger partial charge in [-0.15, -0.1) is 0 Å². The van der Waals surface area contributed by atoms with Crippen LogP contribution < -0.4 is 4.74 Å². The molecule has 0 bridgehead atoms. The molecule has 0 atom stereocenters. The smallest absolute Gasteiger partial charge is 0.170 e. The lowest BCUT2D eigenvalue weighted by Crippen LogP contribution is -1.89. The third kappa shape index (κ3) is 2.10. The van der Waals surface area contributed by atoms with Crippen LogP contribution in [0.25, 0.3) is 16.9 Å². The summed E-state index contributed by atoms with van der Waals surface area (Å²) in [5, 5.41) is 0. The third-order valence-corrected chi connectivity index (χ3v) is 3.59. The maximum Gasteiger partial charge on any atom is 0.170 e. The van der Waals surface area contributed by atoms with Gasteiger partial charge in [-0.05, 0) is 36.4 Å². The van der Waals surface area contributed by atoms with Crippen LogP contribution in [0.2, 0.25) is 0 Å². The van der Waals surface area contributed by atoms with Crippen LogP contribution >= 0.6 is 15.9 Å². The Balaban J connectivity index is 2.22. The second-order valence-corrected chi connectivity index (χ2v) is 5.18. The van der Waals surface area contributed by atoms with Crippen molar-refractivity contribution in [3.05, 3.63) is 52.8 Å². The number of fused-ring (bicyclic) bond motifs is 1. The zero-order valence-corrected chi connectivity index (χ0v) is 12.3. The minimum absolute atomic E-state index is 0.428. The van der Waals surface area contributed by atoms with Gasteiger partial charge >= 0.3 is 0 Å². The molecular formula is C15H11BrN2O2. The predicted molar refractivity (Wildman–Crippen MR) is 80.3 cm³/mol. The topological polar surface area (TPSA) is 43.6 Å². The van der Waals surface area contributed by atoms with E-state index in [9.17, 15) is 4.79 Å². The Bertz CT molecular complexity index is 778. The van der Waals surface area contributed by atoms with E-state index in [1.807, 2.05) is 47.0 Å². The number of aldehydes is 1. The number of imidazole rings is 1. The summed E-state index contributed by atoms with van der Waals surface area (Å²) < 4.78 is 7.96. The van der Waals surface area contributed by atoms with Crippen molar-refractivity contribution < 1.29 is 9.53 Å². The molecule has 1 aromatic carbocycles. The molecule has 0 saturated carbocycles. The average Bonchev–Trinajstić information content (AvgIpc) is 2.85. The van der Waals surface area contributed by atoms with Crippen molar-refractivity contribution in [1.29, 1.82) is 0 Å². The van der Waals surface area contributed by atoms with E-state index in [1.165, 1.54) is 0 Å². The molecule has 2 heterocycles. The first-order chi connectivity index (χ1) is 9.72. The molecule has 0 aliphatic rings. The largest absolute Gasteiger partial charge is 0.497 e. The molecule has 0 aliphatic carbocycles. The van der Waals surface area contributed by atoms with E-state index in [0.29, 0.717) is 5.69 Å². The molecule has 0 N–H and O–H groups in total. The first-order valence-electron chi connectivity index (χ1n) is 6.00. The number of rotatable bonds is 3. The van der Waals surface area contributed by atoms with Crippen molar-refractivity contribution in [2.45, 2.75) is 0 Å². The third-order valence-electron chi connectivity index (χ3n) is 3.09. The van der Waals surface area contributed by atoms with Crippen molar-refractivity contribution in [2.24, 2.45) is 0 Å². The molecule has 3 aromatic rings. The van der Waals surface area contributed by atoms with Gasteiger partial charge in [0.05, 0.1) is 12.6 Å². The lowest BCUT2D eigenvalue weighted by Gasteiger charge is -2.03. The van der Waals surface area contributed by atoms with E-state index < -0.39 is 0 Å². The lowest BCUT2D eigenvalue weighted by molar-refractivity contribution is 0.112. The van der Waals surface area contributed by atoms with E-state index in [0.717, 1.165) is 33.4 Å². The second kappa shape index (κ2) is 5.09. The van der Waals surface area contributed by atoms with Crippen LogP contribution in [0.1, 0.15) is 10.5 Å². The standard InChI is InChI=1S/C15H11BrN2O2/c1-20-12-4-2-10(3-5-12)15-17-13(9-19)14-8-11(16)6-7-18(14)15/h2-9H,1H3. The number of hydrogen-bond donors (Lipinski definition) is 0. The Morgan fingerprint density at radius 3 is 2.65 bits per heavy atom. The molecule has 3 rings (SSSR count). The van der Waals surface area contributed by atoms with Crippen LogP contribution in [0.4, 0.5) is 0 Å². The Morgan fingerprint density at radius 2 is 2.00 bits per heavy atom. The van der Waals surface area contributed by atoms with Gasteiger partial charge in [-0.1, -0.05) is 15.9 Å². The van der Waals surface area contributed by atoms with Crippen molar-refractivity contribution in [3.63, 3.8) is 0 Å². The highest BCUT2D eigenvalue weighted by atomic mass is 79.9. The fraction of sp³-hybridized carbons (Fsp3) is 0.0667. The molecule has 0 radical (unpaired) electrons. The predicted octanol–water partition coefficient (Wildman–Crippen LogP) is 3.58. The highest BCUT2D eigenvalue weighted by Crippen LogP contribution is 2.25. The van der Waals surface area contributed by atoms with Gasteiger partial charge in [-0.25, -0.2) is 4.98 Å². The van der Waals surface area contributed by atoms with E-state index in [2.05, 4.69) is 20.9 Å². The fourth-order valence-corrected chi connectivity index (χ4v) is 2.45. The van der Waals surface area contributed by atoms with E-state index >= 15 is 0 Å². The highest BCUT2D eigenvalue weighted by Gasteiger charge is 2.12. The van der Waals surface area contributed by atoms with Gasteiger partial charge in [0, 0.05) is 16.2 Å². The Kier molecular flexibility index (Phi) is 3.28. The Hall–Kier alpha value is -2.14. The van der Waals surface area contributed by atoms with Crippen molar-refractivity contribution >= 4 is 27.7 Å². The van der Waals surface area contributed by atoms with Gasteiger partial charge in [0.2, 0.25) is 0 Å². The molecule has 100 valence electrons. The first kappa shape index (κ1) is 12.9. The number of halogens is 1. The molecule has 2 aromatic heterocycles. The van der Waals surface area contributed by atoms with Gasteiger partial charge < -0.3 is 4.74 Å². The zero-order valence-electron chi connectivity index (χ0n) is 10.7. The summed E-state index contributed by atoms with van der Waals surface area (Å²) in [6, 6.07) is 11.4. The van der Waals surface area contributed by atoms with E-state index in [1.54, 1.807) is 7.11 Å². The van der Waals surface area contributed by atoms with Gasteiger partial charge in [-0.3, -0.25) is 9.20 Å². The van der Waals surface area contributed by atoms with E-state index in [4.69, 9.17) is 4.74 Å².